The summed E-state index contributed by atoms with van der Waals surface area (Å²) in [6.45, 7) is 7.51. The average molecular weight is 190 g/mol. The van der Waals surface area contributed by atoms with Crippen molar-refractivity contribution < 1.29 is 14.2 Å². The van der Waals surface area contributed by atoms with Crippen LogP contribution in [0.2, 0.25) is 0 Å². The Morgan fingerprint density at radius 1 is 1.23 bits per heavy atom. The Morgan fingerprint density at radius 3 is 2.38 bits per heavy atom. The second-order valence-corrected chi connectivity index (χ2v) is 3.11. The lowest BCUT2D eigenvalue weighted by Gasteiger charge is -2.20. The van der Waals surface area contributed by atoms with E-state index >= 15 is 0 Å². The zero-order valence-electron chi connectivity index (χ0n) is 9.21. The van der Waals surface area contributed by atoms with Gasteiger partial charge < -0.3 is 14.2 Å². The molecule has 0 aliphatic rings. The first-order valence-electron chi connectivity index (χ1n) is 5.00. The standard InChI is InChI=1S/C10H22O3/c1-5-7-12-10(6-2)13-9(3)8-11-4/h9-10H,5-8H2,1-4H3. The monoisotopic (exact) mass is 190 g/mol. The summed E-state index contributed by atoms with van der Waals surface area (Å²) in [7, 11) is 1.67. The molecule has 0 fully saturated rings. The molecule has 3 nitrogen and oxygen atoms in total. The Kier molecular flexibility index (Phi) is 8.40. The maximum absolute atomic E-state index is 5.59. The first kappa shape index (κ1) is 12.9. The van der Waals surface area contributed by atoms with Gasteiger partial charge in [-0.2, -0.15) is 0 Å². The maximum atomic E-state index is 5.59. The van der Waals surface area contributed by atoms with Crippen LogP contribution in [0.1, 0.15) is 33.6 Å². The van der Waals surface area contributed by atoms with E-state index < -0.39 is 0 Å². The van der Waals surface area contributed by atoms with E-state index in [0.717, 1.165) is 19.4 Å². The summed E-state index contributed by atoms with van der Waals surface area (Å²) < 4.78 is 16.0. The molecular formula is C10H22O3. The van der Waals surface area contributed by atoms with Crippen LogP contribution in [0.4, 0.5) is 0 Å². The largest absolute Gasteiger partial charge is 0.382 e. The highest BCUT2D eigenvalue weighted by molar-refractivity contribution is 4.49. The number of rotatable bonds is 8. The molecule has 0 rings (SSSR count). The predicted molar refractivity (Wildman–Crippen MR) is 52.7 cm³/mol. The summed E-state index contributed by atoms with van der Waals surface area (Å²) in [5, 5.41) is 0. The number of methoxy groups -OCH3 is 1. The van der Waals surface area contributed by atoms with E-state index in [2.05, 4.69) is 13.8 Å². The summed E-state index contributed by atoms with van der Waals surface area (Å²) in [5.74, 6) is 0. The van der Waals surface area contributed by atoms with Gasteiger partial charge in [-0.15, -0.1) is 0 Å². The zero-order valence-corrected chi connectivity index (χ0v) is 9.21. The molecule has 3 heteroatoms. The Balaban J connectivity index is 3.56. The highest BCUT2D eigenvalue weighted by Gasteiger charge is 2.10. The smallest absolute Gasteiger partial charge is 0.157 e. The molecule has 0 aliphatic heterocycles. The lowest BCUT2D eigenvalue weighted by Crippen LogP contribution is -2.25. The highest BCUT2D eigenvalue weighted by Crippen LogP contribution is 2.05. The van der Waals surface area contributed by atoms with Crippen LogP contribution in [0.3, 0.4) is 0 Å². The van der Waals surface area contributed by atoms with Crippen molar-refractivity contribution in [3.8, 4) is 0 Å². The fraction of sp³-hybridized carbons (Fsp3) is 1.00. The Bertz CT molecular complexity index is 106. The minimum Gasteiger partial charge on any atom is -0.382 e. The van der Waals surface area contributed by atoms with Gasteiger partial charge in [-0.3, -0.25) is 0 Å². The quantitative estimate of drug-likeness (QED) is 0.549. The molecular weight excluding hydrogens is 168 g/mol. The zero-order chi connectivity index (χ0) is 10.1. The van der Waals surface area contributed by atoms with E-state index in [1.807, 2.05) is 6.92 Å². The van der Waals surface area contributed by atoms with E-state index in [1.54, 1.807) is 7.11 Å². The first-order chi connectivity index (χ1) is 6.24. The van der Waals surface area contributed by atoms with Gasteiger partial charge in [0.2, 0.25) is 0 Å². The van der Waals surface area contributed by atoms with Crippen molar-refractivity contribution in [2.75, 3.05) is 20.3 Å². The molecule has 13 heavy (non-hydrogen) atoms. The van der Waals surface area contributed by atoms with Crippen LogP contribution in [0.5, 0.6) is 0 Å². The van der Waals surface area contributed by atoms with Crippen molar-refractivity contribution in [3.05, 3.63) is 0 Å². The van der Waals surface area contributed by atoms with E-state index in [9.17, 15) is 0 Å². The van der Waals surface area contributed by atoms with Gasteiger partial charge in [-0.25, -0.2) is 0 Å². The molecule has 0 aliphatic carbocycles. The average Bonchev–Trinajstić information content (AvgIpc) is 2.12. The lowest BCUT2D eigenvalue weighted by molar-refractivity contribution is -0.176. The van der Waals surface area contributed by atoms with E-state index in [4.69, 9.17) is 14.2 Å². The second-order valence-electron chi connectivity index (χ2n) is 3.11. The molecule has 2 unspecified atom stereocenters. The van der Waals surface area contributed by atoms with Gasteiger partial charge in [0.05, 0.1) is 12.7 Å². The van der Waals surface area contributed by atoms with Gasteiger partial charge in [0.1, 0.15) is 0 Å². The Labute approximate surface area is 81.4 Å². The lowest BCUT2D eigenvalue weighted by atomic mass is 10.4. The van der Waals surface area contributed by atoms with Gasteiger partial charge in [-0.1, -0.05) is 13.8 Å². The normalized spacial score (nSPS) is 15.7. The summed E-state index contributed by atoms with van der Waals surface area (Å²) >= 11 is 0. The molecule has 0 N–H and O–H groups in total. The molecule has 0 saturated heterocycles. The molecule has 0 aromatic carbocycles. The summed E-state index contributed by atoms with van der Waals surface area (Å²) in [4.78, 5) is 0. The topological polar surface area (TPSA) is 27.7 Å². The molecule has 0 heterocycles. The first-order valence-corrected chi connectivity index (χ1v) is 5.00. The van der Waals surface area contributed by atoms with Gasteiger partial charge in [0.25, 0.3) is 0 Å². The summed E-state index contributed by atoms with van der Waals surface area (Å²) in [6, 6.07) is 0. The number of ether oxygens (including phenoxy) is 3. The number of hydrogen-bond donors (Lipinski definition) is 0. The van der Waals surface area contributed by atoms with Crippen molar-refractivity contribution in [3.63, 3.8) is 0 Å². The fourth-order valence-corrected chi connectivity index (χ4v) is 1.04. The summed E-state index contributed by atoms with van der Waals surface area (Å²) in [6.07, 6.45) is 1.93. The van der Waals surface area contributed by atoms with Gasteiger partial charge in [-0.05, 0) is 19.8 Å². The van der Waals surface area contributed by atoms with E-state index in [-0.39, 0.29) is 12.4 Å². The van der Waals surface area contributed by atoms with Crippen LogP contribution in [0.15, 0.2) is 0 Å². The highest BCUT2D eigenvalue weighted by atomic mass is 16.7. The second kappa shape index (κ2) is 8.48. The molecule has 0 saturated carbocycles. The molecule has 0 bridgehead atoms. The van der Waals surface area contributed by atoms with Crippen molar-refractivity contribution in [1.29, 1.82) is 0 Å². The third-order valence-electron chi connectivity index (χ3n) is 1.63. The van der Waals surface area contributed by atoms with Crippen LogP contribution >= 0.6 is 0 Å². The number of hydrogen-bond acceptors (Lipinski definition) is 3. The van der Waals surface area contributed by atoms with Crippen molar-refractivity contribution in [1.82, 2.24) is 0 Å². The molecule has 0 aromatic heterocycles. The van der Waals surface area contributed by atoms with Crippen molar-refractivity contribution in [2.24, 2.45) is 0 Å². The van der Waals surface area contributed by atoms with Crippen LogP contribution in [0.25, 0.3) is 0 Å². The van der Waals surface area contributed by atoms with E-state index in [1.165, 1.54) is 0 Å². The molecule has 0 radical (unpaired) electrons. The van der Waals surface area contributed by atoms with Crippen molar-refractivity contribution >= 4 is 0 Å². The van der Waals surface area contributed by atoms with Crippen LogP contribution in [-0.4, -0.2) is 32.7 Å². The maximum Gasteiger partial charge on any atom is 0.157 e. The van der Waals surface area contributed by atoms with E-state index in [0.29, 0.717) is 6.61 Å². The third kappa shape index (κ3) is 6.99. The van der Waals surface area contributed by atoms with Gasteiger partial charge in [0, 0.05) is 13.7 Å². The summed E-state index contributed by atoms with van der Waals surface area (Å²) in [5.41, 5.74) is 0. The van der Waals surface area contributed by atoms with Crippen LogP contribution in [0, 0.1) is 0 Å². The molecule has 0 aromatic rings. The Hall–Kier alpha value is -0.120. The molecule has 2 atom stereocenters. The van der Waals surface area contributed by atoms with Gasteiger partial charge >= 0.3 is 0 Å². The Morgan fingerprint density at radius 2 is 1.92 bits per heavy atom. The minimum absolute atomic E-state index is 0.0786. The minimum atomic E-state index is -0.0786. The predicted octanol–water partition coefficient (Wildman–Crippen LogP) is 2.20. The SMILES string of the molecule is CCCOC(CC)OC(C)COC. The fourth-order valence-electron chi connectivity index (χ4n) is 1.04. The van der Waals surface area contributed by atoms with Crippen molar-refractivity contribution in [2.45, 2.75) is 46.0 Å². The molecule has 0 amide bonds. The van der Waals surface area contributed by atoms with Crippen LogP contribution < -0.4 is 0 Å². The molecule has 0 spiro atoms. The van der Waals surface area contributed by atoms with Gasteiger partial charge in [0.15, 0.2) is 6.29 Å². The van der Waals surface area contributed by atoms with Crippen LogP contribution in [-0.2, 0) is 14.2 Å². The molecule has 80 valence electrons. The third-order valence-corrected chi connectivity index (χ3v) is 1.63.